The van der Waals surface area contributed by atoms with Crippen LogP contribution in [0.15, 0.2) is 24.3 Å². The van der Waals surface area contributed by atoms with Crippen molar-refractivity contribution in [1.29, 1.82) is 0 Å². The predicted molar refractivity (Wildman–Crippen MR) is 121 cm³/mol. The highest BCUT2D eigenvalue weighted by Gasteiger charge is 2.77. The third kappa shape index (κ3) is 2.34. The Kier molecular flexibility index (Phi) is 4.31. The Balaban J connectivity index is 1.30. The van der Waals surface area contributed by atoms with Crippen molar-refractivity contribution in [2.45, 2.75) is 78.4 Å². The lowest BCUT2D eigenvalue weighted by Gasteiger charge is -2.35. The summed E-state index contributed by atoms with van der Waals surface area (Å²) in [5.41, 5.74) is -4.76. The van der Waals surface area contributed by atoms with Crippen LogP contribution in [0.4, 0.5) is 5.69 Å². The van der Waals surface area contributed by atoms with Crippen molar-refractivity contribution < 1.29 is 33.4 Å². The van der Waals surface area contributed by atoms with E-state index in [9.17, 15) is 19.2 Å². The summed E-state index contributed by atoms with van der Waals surface area (Å²) in [6.45, 7) is 11.2. The minimum Gasteiger partial charge on any atom is -0.448 e. The molecule has 0 aromatic heterocycles. The molecular formula is C26H31NO7. The molecule has 2 aliphatic carbocycles. The van der Waals surface area contributed by atoms with E-state index in [4.69, 9.17) is 14.2 Å². The molecule has 1 aromatic carbocycles. The minimum absolute atomic E-state index is 0.281. The largest absolute Gasteiger partial charge is 0.448 e. The summed E-state index contributed by atoms with van der Waals surface area (Å²) in [6, 6.07) is 6.39. The topological polar surface area (TPSA) is 108 Å². The molecule has 4 bridgehead atoms. The van der Waals surface area contributed by atoms with Crippen molar-refractivity contribution in [2.75, 3.05) is 5.32 Å². The Bertz CT molecular complexity index is 1050. The van der Waals surface area contributed by atoms with E-state index in [1.54, 1.807) is 24.3 Å². The number of anilines is 1. The number of hydrogen-bond donors (Lipinski definition) is 1. The van der Waals surface area contributed by atoms with E-state index in [0.29, 0.717) is 31.4 Å². The first-order chi connectivity index (χ1) is 15.7. The summed E-state index contributed by atoms with van der Waals surface area (Å²) in [5.74, 6) is -1.37. The maximum atomic E-state index is 13.2. The van der Waals surface area contributed by atoms with Gasteiger partial charge < -0.3 is 19.5 Å². The lowest BCUT2D eigenvalue weighted by atomic mass is 9.66. The maximum Gasteiger partial charge on any atom is 0.356 e. The summed E-state index contributed by atoms with van der Waals surface area (Å²) in [6.07, 6.45) is 2.06. The molecule has 2 saturated carbocycles. The smallest absolute Gasteiger partial charge is 0.356 e. The predicted octanol–water partition coefficient (Wildman–Crippen LogP) is 3.77. The average Bonchev–Trinajstić information content (AvgIpc) is 3.23. The third-order valence-electron chi connectivity index (χ3n) is 10.2. The number of carbonyl (C=O) groups is 4. The molecule has 182 valence electrons. The molecule has 8 heteroatoms. The van der Waals surface area contributed by atoms with Crippen LogP contribution in [0.25, 0.3) is 0 Å². The Hall–Kier alpha value is -2.90. The highest BCUT2D eigenvalue weighted by atomic mass is 16.6. The van der Waals surface area contributed by atoms with Gasteiger partial charge in [-0.05, 0) is 63.8 Å². The zero-order valence-electron chi connectivity index (χ0n) is 20.5. The minimum atomic E-state index is -1.31. The summed E-state index contributed by atoms with van der Waals surface area (Å²) in [7, 11) is 0. The van der Waals surface area contributed by atoms with Gasteiger partial charge in [0.15, 0.2) is 5.60 Å². The van der Waals surface area contributed by atoms with Gasteiger partial charge in [-0.15, -0.1) is 0 Å². The average molecular weight is 470 g/mol. The Morgan fingerprint density at radius 2 is 1.24 bits per heavy atom. The van der Waals surface area contributed by atoms with Gasteiger partial charge in [-0.2, -0.15) is 0 Å². The van der Waals surface area contributed by atoms with Gasteiger partial charge in [0, 0.05) is 16.5 Å². The zero-order chi connectivity index (χ0) is 24.9. The van der Waals surface area contributed by atoms with E-state index in [1.807, 2.05) is 41.5 Å². The molecule has 1 N–H and O–H groups in total. The van der Waals surface area contributed by atoms with Crippen molar-refractivity contribution in [1.82, 2.24) is 0 Å². The number of esters is 3. The first kappa shape index (κ1) is 22.9. The van der Waals surface area contributed by atoms with Crippen molar-refractivity contribution in [2.24, 2.45) is 21.7 Å². The third-order valence-corrected chi connectivity index (χ3v) is 10.2. The van der Waals surface area contributed by atoms with Crippen molar-refractivity contribution in [3.8, 4) is 5.75 Å². The van der Waals surface area contributed by atoms with Crippen LogP contribution in [-0.2, 0) is 28.7 Å². The second-order valence-electron chi connectivity index (χ2n) is 11.7. The first-order valence-corrected chi connectivity index (χ1v) is 11.8. The summed E-state index contributed by atoms with van der Waals surface area (Å²) < 4.78 is 16.8. The van der Waals surface area contributed by atoms with Gasteiger partial charge in [-0.25, -0.2) is 4.79 Å². The fourth-order valence-electron chi connectivity index (χ4n) is 6.48. The second-order valence-corrected chi connectivity index (χ2v) is 11.7. The molecule has 4 atom stereocenters. The molecule has 2 saturated heterocycles. The van der Waals surface area contributed by atoms with E-state index < -0.39 is 38.8 Å². The summed E-state index contributed by atoms with van der Waals surface area (Å²) >= 11 is 0. The molecule has 2 aliphatic heterocycles. The first-order valence-electron chi connectivity index (χ1n) is 11.8. The van der Waals surface area contributed by atoms with Crippen molar-refractivity contribution >= 4 is 29.5 Å². The Morgan fingerprint density at radius 1 is 0.765 bits per heavy atom. The van der Waals surface area contributed by atoms with E-state index in [-0.39, 0.29) is 23.6 Å². The summed E-state index contributed by atoms with van der Waals surface area (Å²) in [5, 5.41) is 2.85. The lowest BCUT2D eigenvalue weighted by molar-refractivity contribution is -0.176. The number of hydrogen-bond acceptors (Lipinski definition) is 7. The summed E-state index contributed by atoms with van der Waals surface area (Å²) in [4.78, 5) is 51.2. The van der Waals surface area contributed by atoms with Gasteiger partial charge in [-0.3, -0.25) is 14.4 Å². The number of nitrogens with one attached hydrogen (secondary N) is 1. The van der Waals surface area contributed by atoms with Crippen LogP contribution in [0.5, 0.6) is 5.75 Å². The van der Waals surface area contributed by atoms with Gasteiger partial charge >= 0.3 is 17.9 Å². The van der Waals surface area contributed by atoms with E-state index in [2.05, 4.69) is 5.32 Å². The zero-order valence-corrected chi connectivity index (χ0v) is 20.5. The van der Waals surface area contributed by atoms with E-state index in [0.717, 1.165) is 0 Å². The van der Waals surface area contributed by atoms with Crippen LogP contribution in [0, 0.1) is 21.7 Å². The molecule has 0 spiro atoms. The molecule has 4 unspecified atom stereocenters. The number of ether oxygens (including phenoxy) is 3. The highest BCUT2D eigenvalue weighted by molar-refractivity contribution is 6.03. The number of amides is 1. The fourth-order valence-corrected chi connectivity index (χ4v) is 6.48. The van der Waals surface area contributed by atoms with Gasteiger partial charge in [0.05, 0.1) is 10.8 Å². The number of benzene rings is 1. The lowest BCUT2D eigenvalue weighted by Crippen LogP contribution is -2.50. The molecular weight excluding hydrogens is 438 g/mol. The molecule has 34 heavy (non-hydrogen) atoms. The van der Waals surface area contributed by atoms with E-state index in [1.165, 1.54) is 0 Å². The number of fused-ring (bicyclic) bond motifs is 4. The van der Waals surface area contributed by atoms with Crippen molar-refractivity contribution in [3.63, 3.8) is 0 Å². The van der Waals surface area contributed by atoms with E-state index >= 15 is 0 Å². The fraction of sp³-hybridized carbons (Fsp3) is 0.615. The highest BCUT2D eigenvalue weighted by Crippen LogP contribution is 2.66. The molecule has 1 aromatic rings. The maximum absolute atomic E-state index is 13.2. The molecule has 1 amide bonds. The molecule has 5 rings (SSSR count). The molecule has 4 aliphatic rings. The molecule has 8 nitrogen and oxygen atoms in total. The van der Waals surface area contributed by atoms with Gasteiger partial charge in [0.25, 0.3) is 5.91 Å². The van der Waals surface area contributed by atoms with Crippen molar-refractivity contribution in [3.05, 3.63) is 24.3 Å². The second kappa shape index (κ2) is 6.40. The standard InChI is InChI=1S/C26H31NO7/c1-21(2)23(5)11-13-25(21,33-18(23)29)17(28)27-15-7-9-16(10-8-15)32-20(31)26-14-12-24(6,19(30)34-26)22(26,3)4/h7-10H,11-14H2,1-6H3,(H,27,28). The van der Waals surface area contributed by atoms with Crippen LogP contribution in [0.2, 0.25) is 0 Å². The number of rotatable bonds is 4. The monoisotopic (exact) mass is 469 g/mol. The normalized spacial score (nSPS) is 38.4. The van der Waals surface area contributed by atoms with Crippen LogP contribution in [0.3, 0.4) is 0 Å². The quantitative estimate of drug-likeness (QED) is 0.528. The van der Waals surface area contributed by atoms with Crippen LogP contribution >= 0.6 is 0 Å². The molecule has 0 radical (unpaired) electrons. The van der Waals surface area contributed by atoms with Crippen LogP contribution < -0.4 is 10.1 Å². The SMILES string of the molecule is CC12CCC(C(=O)Nc3ccc(OC(=O)C45CCC(C)(C(=O)O4)C5(C)C)cc3)(OC1=O)C2(C)C. The number of carbonyl (C=O) groups excluding carboxylic acids is 4. The van der Waals surface area contributed by atoms with Gasteiger partial charge in [-0.1, -0.05) is 27.7 Å². The van der Waals surface area contributed by atoms with Crippen LogP contribution in [-0.4, -0.2) is 35.0 Å². The van der Waals surface area contributed by atoms with Gasteiger partial charge in [0.1, 0.15) is 5.75 Å². The van der Waals surface area contributed by atoms with Gasteiger partial charge in [0.2, 0.25) is 5.60 Å². The Morgan fingerprint density at radius 3 is 1.68 bits per heavy atom. The van der Waals surface area contributed by atoms with Crippen LogP contribution in [0.1, 0.15) is 67.2 Å². The molecule has 4 fully saturated rings. The molecule has 2 heterocycles. The Labute approximate surface area is 198 Å².